The molecule has 8 heteroatoms. The molecule has 0 radical (unpaired) electrons. The summed E-state index contributed by atoms with van der Waals surface area (Å²) in [7, 11) is 0. The monoisotopic (exact) mass is 591 g/mol. The molecule has 16 atom stereocenters. The molecule has 0 aromatic carbocycles. The summed E-state index contributed by atoms with van der Waals surface area (Å²) in [4.78, 5) is 0.0621. The van der Waals surface area contributed by atoms with Gasteiger partial charge in [0.15, 0.2) is 6.29 Å². The van der Waals surface area contributed by atoms with Gasteiger partial charge in [0.1, 0.15) is 23.2 Å². The summed E-state index contributed by atoms with van der Waals surface area (Å²) >= 11 is 2.14. The van der Waals surface area contributed by atoms with Crippen molar-refractivity contribution in [2.75, 3.05) is 12.4 Å². The van der Waals surface area contributed by atoms with E-state index in [0.717, 1.165) is 43.4 Å². The SMILES string of the molecule is C[C@@H]1CC[C@]2(O[C@H]3C[C@H]4[C@@H]5CC=C6C[C@@H](O[C@@H]7O[C@H](CO)[C@@H](O)[C@H](O)[C@H]7N)CC[C@]6(C)[C@H]5CC[C@]4(C)[C@H]3[C@@H]2C)SC1. The number of hydrogen-bond acceptors (Lipinski definition) is 8. The summed E-state index contributed by atoms with van der Waals surface area (Å²) in [5, 5.41) is 30.2. The highest BCUT2D eigenvalue weighted by atomic mass is 32.2. The number of thioether (sulfide) groups is 1. The summed E-state index contributed by atoms with van der Waals surface area (Å²) in [5.74, 6) is 5.56. The summed E-state index contributed by atoms with van der Waals surface area (Å²) in [6.45, 7) is 9.69. The predicted octanol–water partition coefficient (Wildman–Crippen LogP) is 4.22. The third-order valence-electron chi connectivity index (χ3n) is 13.6. The molecule has 3 aliphatic heterocycles. The van der Waals surface area contributed by atoms with E-state index in [2.05, 4.69) is 45.5 Å². The van der Waals surface area contributed by atoms with Crippen LogP contribution in [0, 0.1) is 46.3 Å². The molecule has 3 heterocycles. The number of aliphatic hydroxyl groups excluding tert-OH is 3. The zero-order valence-corrected chi connectivity index (χ0v) is 26.2. The van der Waals surface area contributed by atoms with Gasteiger partial charge in [-0.25, -0.2) is 0 Å². The fourth-order valence-corrected chi connectivity index (χ4v) is 12.8. The number of fused-ring (bicyclic) bond motifs is 7. The molecule has 7 aliphatic rings. The van der Waals surface area contributed by atoms with Gasteiger partial charge in [-0.05, 0) is 104 Å². The Morgan fingerprint density at radius 1 is 1.07 bits per heavy atom. The van der Waals surface area contributed by atoms with Gasteiger partial charge in [-0.2, -0.15) is 0 Å². The van der Waals surface area contributed by atoms with Crippen LogP contribution >= 0.6 is 11.8 Å². The van der Waals surface area contributed by atoms with Gasteiger partial charge < -0.3 is 35.3 Å². The van der Waals surface area contributed by atoms with E-state index in [0.29, 0.717) is 29.3 Å². The summed E-state index contributed by atoms with van der Waals surface area (Å²) in [6, 6.07) is -0.845. The van der Waals surface area contributed by atoms with Gasteiger partial charge in [0.2, 0.25) is 0 Å². The molecule has 0 unspecified atom stereocenters. The first-order chi connectivity index (χ1) is 19.5. The second-order valence-electron chi connectivity index (χ2n) is 15.6. The van der Waals surface area contributed by atoms with Crippen LogP contribution in [0.4, 0.5) is 0 Å². The molecule has 232 valence electrons. The van der Waals surface area contributed by atoms with Crippen molar-refractivity contribution in [1.82, 2.24) is 0 Å². The molecule has 5 N–H and O–H groups in total. The van der Waals surface area contributed by atoms with Gasteiger partial charge >= 0.3 is 0 Å². The minimum Gasteiger partial charge on any atom is -0.394 e. The quantitative estimate of drug-likeness (QED) is 0.361. The third kappa shape index (κ3) is 4.39. The normalized spacial score (nSPS) is 58.3. The van der Waals surface area contributed by atoms with E-state index >= 15 is 0 Å². The van der Waals surface area contributed by atoms with Crippen LogP contribution in [0.25, 0.3) is 0 Å². The smallest absolute Gasteiger partial charge is 0.176 e. The molecule has 3 saturated heterocycles. The lowest BCUT2D eigenvalue weighted by molar-refractivity contribution is -0.280. The standard InChI is InChI=1S/C33H53NO6S/c1-17-7-12-33(41-16-17)18(2)26-24(40-33)14-23-21-6-5-19-13-20(8-10-31(19,3)22(21)9-11-32(23,26)4)38-30-27(34)29(37)28(36)25(15-35)39-30/h5,17-18,20-30,35-37H,6-16,34H2,1-4H3/t17-,18+,20+,21-,22+,23+,24+,25-,26+,27-,28-,29-,30-,31+,32+,33+/m1/s1. The number of aliphatic hydroxyl groups is 3. The number of ether oxygens (including phenoxy) is 3. The highest BCUT2D eigenvalue weighted by molar-refractivity contribution is 8.00. The molecule has 3 saturated carbocycles. The maximum atomic E-state index is 10.4. The number of rotatable bonds is 3. The summed E-state index contributed by atoms with van der Waals surface area (Å²) in [5.41, 5.74) is 8.29. The fraction of sp³-hybridized carbons (Fsp3) is 0.939. The molecule has 0 bridgehead atoms. The molecular formula is C33H53NO6S. The van der Waals surface area contributed by atoms with Crippen molar-refractivity contribution >= 4 is 11.8 Å². The van der Waals surface area contributed by atoms with Crippen molar-refractivity contribution < 1.29 is 29.5 Å². The van der Waals surface area contributed by atoms with Gasteiger partial charge in [0, 0.05) is 5.92 Å². The Bertz CT molecular complexity index is 1030. The van der Waals surface area contributed by atoms with Crippen LogP contribution in [0.5, 0.6) is 0 Å². The first kappa shape index (κ1) is 29.5. The molecule has 6 fully saturated rings. The molecule has 0 amide bonds. The third-order valence-corrected chi connectivity index (χ3v) is 15.5. The van der Waals surface area contributed by atoms with Crippen LogP contribution in [0.15, 0.2) is 11.6 Å². The zero-order chi connectivity index (χ0) is 28.9. The van der Waals surface area contributed by atoms with Crippen molar-refractivity contribution in [3.8, 4) is 0 Å². The average Bonchev–Trinajstić information content (AvgIpc) is 3.40. The molecule has 1 spiro atoms. The molecule has 7 nitrogen and oxygen atoms in total. The first-order valence-electron chi connectivity index (χ1n) is 16.6. The van der Waals surface area contributed by atoms with E-state index in [1.54, 1.807) is 0 Å². The second kappa shape index (κ2) is 10.4. The average molecular weight is 592 g/mol. The maximum Gasteiger partial charge on any atom is 0.176 e. The van der Waals surface area contributed by atoms with Crippen molar-refractivity contribution in [2.24, 2.45) is 52.1 Å². The predicted molar refractivity (Wildman–Crippen MR) is 159 cm³/mol. The Morgan fingerprint density at radius 3 is 2.61 bits per heavy atom. The van der Waals surface area contributed by atoms with Crippen molar-refractivity contribution in [1.29, 1.82) is 0 Å². The van der Waals surface area contributed by atoms with Crippen LogP contribution in [0.3, 0.4) is 0 Å². The Labute approximate surface area is 250 Å². The minimum absolute atomic E-state index is 0.0374. The number of allylic oxidation sites excluding steroid dienone is 1. The Morgan fingerprint density at radius 2 is 1.88 bits per heavy atom. The second-order valence-corrected chi connectivity index (χ2v) is 16.9. The van der Waals surface area contributed by atoms with Gasteiger partial charge in [0.25, 0.3) is 0 Å². The number of hydrogen-bond donors (Lipinski definition) is 4. The zero-order valence-electron chi connectivity index (χ0n) is 25.4. The van der Waals surface area contributed by atoms with E-state index < -0.39 is 30.6 Å². The Kier molecular flexibility index (Phi) is 7.51. The lowest BCUT2D eigenvalue weighted by Crippen LogP contribution is -2.63. The topological polar surface area (TPSA) is 114 Å². The van der Waals surface area contributed by atoms with Crippen LogP contribution in [0.1, 0.15) is 85.5 Å². The largest absolute Gasteiger partial charge is 0.394 e. The molecule has 0 aromatic rings. The van der Waals surface area contributed by atoms with Crippen LogP contribution in [0.2, 0.25) is 0 Å². The van der Waals surface area contributed by atoms with E-state index in [9.17, 15) is 15.3 Å². The van der Waals surface area contributed by atoms with E-state index in [1.807, 2.05) is 0 Å². The maximum absolute atomic E-state index is 10.4. The van der Waals surface area contributed by atoms with Crippen LogP contribution in [-0.4, -0.2) is 75.5 Å². The van der Waals surface area contributed by atoms with Crippen molar-refractivity contribution in [3.05, 3.63) is 11.6 Å². The molecule has 4 aliphatic carbocycles. The molecular weight excluding hydrogens is 538 g/mol. The van der Waals surface area contributed by atoms with Crippen molar-refractivity contribution in [2.45, 2.75) is 133 Å². The van der Waals surface area contributed by atoms with Crippen molar-refractivity contribution in [3.63, 3.8) is 0 Å². The van der Waals surface area contributed by atoms with E-state index in [-0.39, 0.29) is 23.1 Å². The lowest BCUT2D eigenvalue weighted by Gasteiger charge is -2.58. The molecule has 7 rings (SSSR count). The van der Waals surface area contributed by atoms with Gasteiger partial charge in [-0.1, -0.05) is 39.3 Å². The van der Waals surface area contributed by atoms with E-state index in [1.165, 1.54) is 43.4 Å². The summed E-state index contributed by atoms with van der Waals surface area (Å²) < 4.78 is 19.3. The van der Waals surface area contributed by atoms with Gasteiger partial charge in [0.05, 0.1) is 24.9 Å². The molecule has 41 heavy (non-hydrogen) atoms. The summed E-state index contributed by atoms with van der Waals surface area (Å²) in [6.07, 6.45) is 9.27. The number of nitrogens with two attached hydrogens (primary N) is 1. The first-order valence-corrected chi connectivity index (χ1v) is 17.5. The molecule has 0 aromatic heterocycles. The van der Waals surface area contributed by atoms with Crippen LogP contribution < -0.4 is 5.73 Å². The lowest BCUT2D eigenvalue weighted by atomic mass is 9.47. The van der Waals surface area contributed by atoms with Crippen LogP contribution in [-0.2, 0) is 14.2 Å². The van der Waals surface area contributed by atoms with Gasteiger partial charge in [-0.15, -0.1) is 11.8 Å². The highest BCUT2D eigenvalue weighted by Crippen LogP contribution is 2.71. The highest BCUT2D eigenvalue weighted by Gasteiger charge is 2.68. The minimum atomic E-state index is -1.21. The van der Waals surface area contributed by atoms with E-state index in [4.69, 9.17) is 19.9 Å². The Hall–Kier alpha value is -0.190. The Balaban J connectivity index is 1.05. The fourth-order valence-electron chi connectivity index (χ4n) is 11.2. The van der Waals surface area contributed by atoms with Gasteiger partial charge in [-0.3, -0.25) is 0 Å².